The number of nitrogen functional groups attached to an aromatic ring is 1. The van der Waals surface area contributed by atoms with Gasteiger partial charge in [0, 0.05) is 11.6 Å². The van der Waals surface area contributed by atoms with Crippen LogP contribution in [-0.4, -0.2) is 16.0 Å². The van der Waals surface area contributed by atoms with Crippen molar-refractivity contribution >= 4 is 11.6 Å². The molecule has 2 rings (SSSR count). The van der Waals surface area contributed by atoms with Gasteiger partial charge in [-0.1, -0.05) is 26.2 Å². The van der Waals surface area contributed by atoms with Crippen molar-refractivity contribution in [1.29, 1.82) is 0 Å². The van der Waals surface area contributed by atoms with Crippen LogP contribution in [0.1, 0.15) is 56.8 Å². The van der Waals surface area contributed by atoms with Gasteiger partial charge in [0.1, 0.15) is 17.5 Å². The first kappa shape index (κ1) is 14.1. The third-order valence-electron chi connectivity index (χ3n) is 4.28. The van der Waals surface area contributed by atoms with E-state index in [1.54, 1.807) is 0 Å². The lowest BCUT2D eigenvalue weighted by molar-refractivity contribution is 0.312. The normalized spacial score (nSPS) is 18.3. The minimum Gasteiger partial charge on any atom is -0.383 e. The van der Waals surface area contributed by atoms with Crippen LogP contribution in [-0.2, 0) is 0 Å². The van der Waals surface area contributed by atoms with E-state index in [9.17, 15) is 0 Å². The maximum Gasteiger partial charge on any atom is 0.134 e. The molecular formula is C15H26N4. The second kappa shape index (κ2) is 6.22. The molecular weight excluding hydrogens is 236 g/mol. The molecule has 0 saturated heterocycles. The monoisotopic (exact) mass is 262 g/mol. The molecule has 4 nitrogen and oxygen atoms in total. The summed E-state index contributed by atoms with van der Waals surface area (Å²) in [5.41, 5.74) is 6.90. The fraction of sp³-hybridized carbons (Fsp3) is 0.733. The molecule has 106 valence electrons. The highest BCUT2D eigenvalue weighted by atomic mass is 15.1. The van der Waals surface area contributed by atoms with Crippen LogP contribution in [0, 0.1) is 19.8 Å². The summed E-state index contributed by atoms with van der Waals surface area (Å²) in [6.45, 7) is 6.13. The minimum atomic E-state index is 0.507. The first-order valence-corrected chi connectivity index (χ1v) is 7.49. The Bertz CT molecular complexity index is 424. The van der Waals surface area contributed by atoms with Crippen LogP contribution in [0.3, 0.4) is 0 Å². The van der Waals surface area contributed by atoms with Crippen molar-refractivity contribution < 1.29 is 0 Å². The van der Waals surface area contributed by atoms with Crippen molar-refractivity contribution in [3.8, 4) is 0 Å². The van der Waals surface area contributed by atoms with Gasteiger partial charge in [0.15, 0.2) is 0 Å². The lowest BCUT2D eigenvalue weighted by atomic mass is 9.83. The maximum atomic E-state index is 5.93. The predicted octanol–water partition coefficient (Wildman–Crippen LogP) is 3.45. The van der Waals surface area contributed by atoms with Gasteiger partial charge in [-0.3, -0.25) is 0 Å². The van der Waals surface area contributed by atoms with Crippen LogP contribution in [0.5, 0.6) is 0 Å². The van der Waals surface area contributed by atoms with Crippen LogP contribution >= 0.6 is 0 Å². The summed E-state index contributed by atoms with van der Waals surface area (Å²) in [5, 5.41) is 3.62. The van der Waals surface area contributed by atoms with Crippen molar-refractivity contribution in [2.24, 2.45) is 5.92 Å². The molecule has 0 bridgehead atoms. The van der Waals surface area contributed by atoms with E-state index in [0.29, 0.717) is 11.9 Å². The summed E-state index contributed by atoms with van der Waals surface area (Å²) < 4.78 is 0. The highest BCUT2D eigenvalue weighted by molar-refractivity contribution is 5.55. The lowest BCUT2D eigenvalue weighted by Gasteiger charge is -2.31. The van der Waals surface area contributed by atoms with E-state index in [0.717, 1.165) is 29.5 Å². The largest absolute Gasteiger partial charge is 0.383 e. The third kappa shape index (κ3) is 3.37. The third-order valence-corrected chi connectivity index (χ3v) is 4.28. The van der Waals surface area contributed by atoms with Gasteiger partial charge in [-0.15, -0.1) is 0 Å². The minimum absolute atomic E-state index is 0.507. The first-order valence-electron chi connectivity index (χ1n) is 7.49. The van der Waals surface area contributed by atoms with E-state index in [4.69, 9.17) is 5.73 Å². The summed E-state index contributed by atoms with van der Waals surface area (Å²) >= 11 is 0. The molecule has 4 heteroatoms. The molecule has 1 saturated carbocycles. The van der Waals surface area contributed by atoms with Crippen molar-refractivity contribution in [1.82, 2.24) is 9.97 Å². The number of rotatable bonds is 4. The standard InChI is InChI=1S/C15H26N4/c1-4-13(12-8-6-5-7-9-12)19-15-10(2)14(16)17-11(3)18-15/h12-13H,4-9H2,1-3H3,(H3,16,17,18,19). The van der Waals surface area contributed by atoms with E-state index < -0.39 is 0 Å². The molecule has 0 aromatic carbocycles. The number of nitrogens with zero attached hydrogens (tertiary/aromatic N) is 2. The van der Waals surface area contributed by atoms with Gasteiger partial charge in [-0.2, -0.15) is 0 Å². The highest BCUT2D eigenvalue weighted by Gasteiger charge is 2.23. The molecule has 0 spiro atoms. The van der Waals surface area contributed by atoms with Gasteiger partial charge in [-0.05, 0) is 39.0 Å². The van der Waals surface area contributed by atoms with Crippen LogP contribution < -0.4 is 11.1 Å². The molecule has 1 aliphatic carbocycles. The summed E-state index contributed by atoms with van der Waals surface area (Å²) in [6, 6.07) is 0.507. The van der Waals surface area contributed by atoms with Gasteiger partial charge in [-0.25, -0.2) is 9.97 Å². The van der Waals surface area contributed by atoms with Crippen LogP contribution in [0.2, 0.25) is 0 Å². The predicted molar refractivity (Wildman–Crippen MR) is 80.2 cm³/mol. The Morgan fingerprint density at radius 2 is 1.89 bits per heavy atom. The van der Waals surface area contributed by atoms with E-state index in [1.807, 2.05) is 13.8 Å². The first-order chi connectivity index (χ1) is 9.11. The molecule has 0 aliphatic heterocycles. The molecule has 1 unspecified atom stereocenters. The zero-order valence-corrected chi connectivity index (χ0v) is 12.4. The van der Waals surface area contributed by atoms with Crippen molar-refractivity contribution in [2.45, 2.75) is 65.3 Å². The van der Waals surface area contributed by atoms with Gasteiger partial charge < -0.3 is 11.1 Å². The molecule has 1 aromatic heterocycles. The van der Waals surface area contributed by atoms with E-state index >= 15 is 0 Å². The average Bonchev–Trinajstić information content (AvgIpc) is 2.42. The Labute approximate surface area is 116 Å². The fourth-order valence-electron chi connectivity index (χ4n) is 3.06. The molecule has 1 atom stereocenters. The molecule has 1 aromatic rings. The number of nitrogens with one attached hydrogen (secondary N) is 1. The molecule has 1 fully saturated rings. The van der Waals surface area contributed by atoms with Crippen molar-refractivity contribution in [2.75, 3.05) is 11.1 Å². The quantitative estimate of drug-likeness (QED) is 0.872. The fourth-order valence-corrected chi connectivity index (χ4v) is 3.06. The van der Waals surface area contributed by atoms with Gasteiger partial charge in [0.05, 0.1) is 0 Å². The Balaban J connectivity index is 2.13. The molecule has 0 amide bonds. The number of anilines is 2. The van der Waals surface area contributed by atoms with E-state index in [2.05, 4.69) is 22.2 Å². The van der Waals surface area contributed by atoms with E-state index in [1.165, 1.54) is 32.1 Å². The molecule has 19 heavy (non-hydrogen) atoms. The Kier molecular flexibility index (Phi) is 4.61. The number of hydrogen-bond acceptors (Lipinski definition) is 4. The van der Waals surface area contributed by atoms with Crippen molar-refractivity contribution in [3.63, 3.8) is 0 Å². The SMILES string of the molecule is CCC(Nc1nc(C)nc(N)c1C)C1CCCCC1. The van der Waals surface area contributed by atoms with Gasteiger partial charge in [0.2, 0.25) is 0 Å². The maximum absolute atomic E-state index is 5.93. The summed E-state index contributed by atoms with van der Waals surface area (Å²) in [4.78, 5) is 8.72. The second-order valence-corrected chi connectivity index (χ2v) is 5.69. The van der Waals surface area contributed by atoms with Crippen LogP contribution in [0.15, 0.2) is 0 Å². The topological polar surface area (TPSA) is 63.8 Å². The molecule has 0 radical (unpaired) electrons. The number of aryl methyl sites for hydroxylation is 1. The van der Waals surface area contributed by atoms with Crippen LogP contribution in [0.4, 0.5) is 11.6 Å². The highest BCUT2D eigenvalue weighted by Crippen LogP contribution is 2.30. The Morgan fingerprint density at radius 3 is 2.53 bits per heavy atom. The lowest BCUT2D eigenvalue weighted by Crippen LogP contribution is -2.31. The summed E-state index contributed by atoms with van der Waals surface area (Å²) in [6.07, 6.45) is 7.94. The number of hydrogen-bond donors (Lipinski definition) is 2. The second-order valence-electron chi connectivity index (χ2n) is 5.69. The van der Waals surface area contributed by atoms with Crippen LogP contribution in [0.25, 0.3) is 0 Å². The summed E-state index contributed by atoms with van der Waals surface area (Å²) in [5.74, 6) is 3.02. The summed E-state index contributed by atoms with van der Waals surface area (Å²) in [7, 11) is 0. The number of aromatic nitrogens is 2. The average molecular weight is 262 g/mol. The van der Waals surface area contributed by atoms with E-state index in [-0.39, 0.29) is 0 Å². The molecule has 1 aliphatic rings. The Hall–Kier alpha value is -1.32. The number of nitrogens with two attached hydrogens (primary N) is 1. The van der Waals surface area contributed by atoms with Gasteiger partial charge >= 0.3 is 0 Å². The zero-order valence-electron chi connectivity index (χ0n) is 12.4. The van der Waals surface area contributed by atoms with Gasteiger partial charge in [0.25, 0.3) is 0 Å². The van der Waals surface area contributed by atoms with Crippen molar-refractivity contribution in [3.05, 3.63) is 11.4 Å². The smallest absolute Gasteiger partial charge is 0.134 e. The zero-order chi connectivity index (χ0) is 13.8. The molecule has 1 heterocycles. The molecule has 3 N–H and O–H groups in total. The Morgan fingerprint density at radius 1 is 1.21 bits per heavy atom.